The molecule has 130 valence electrons. The minimum absolute atomic E-state index is 0.124. The van der Waals surface area contributed by atoms with Gasteiger partial charge < -0.3 is 14.8 Å². The molecule has 7 nitrogen and oxygen atoms in total. The van der Waals surface area contributed by atoms with Crippen LogP contribution in [0.15, 0.2) is 52.2 Å². The van der Waals surface area contributed by atoms with Gasteiger partial charge in [0.1, 0.15) is 0 Å². The molecule has 0 unspecified atom stereocenters. The van der Waals surface area contributed by atoms with E-state index in [9.17, 15) is 18.3 Å². The summed E-state index contributed by atoms with van der Waals surface area (Å²) in [6, 6.07) is 7.36. The number of aliphatic hydroxyl groups is 1. The van der Waals surface area contributed by atoms with Crippen LogP contribution in [0.2, 0.25) is 0 Å². The van der Waals surface area contributed by atoms with Crippen molar-refractivity contribution in [2.24, 2.45) is 0 Å². The van der Waals surface area contributed by atoms with Crippen molar-refractivity contribution >= 4 is 15.9 Å². The van der Waals surface area contributed by atoms with Gasteiger partial charge in [0.15, 0.2) is 0 Å². The molecular weight excluding hydrogens is 332 g/mol. The largest absolute Gasteiger partial charge is 0.472 e. The van der Waals surface area contributed by atoms with Crippen molar-refractivity contribution in [1.29, 1.82) is 0 Å². The lowest BCUT2D eigenvalue weighted by atomic mass is 10.1. The number of furan rings is 1. The van der Waals surface area contributed by atoms with Gasteiger partial charge in [-0.25, -0.2) is 12.7 Å². The third kappa shape index (κ3) is 4.22. The molecule has 0 bridgehead atoms. The first-order chi connectivity index (χ1) is 11.3. The number of amides is 1. The SMILES string of the molecule is CN(C)S(=O)(=O)c1ccc(C(=O)NCC[C@@H](O)c2ccoc2)cc1. The maximum absolute atomic E-state index is 12.0. The Morgan fingerprint density at radius 1 is 1.25 bits per heavy atom. The Hall–Kier alpha value is -2.16. The Labute approximate surface area is 140 Å². The number of hydrogen-bond acceptors (Lipinski definition) is 5. The lowest BCUT2D eigenvalue weighted by molar-refractivity contribution is 0.0942. The van der Waals surface area contributed by atoms with Crippen LogP contribution in [0.1, 0.15) is 28.4 Å². The molecule has 0 aliphatic rings. The van der Waals surface area contributed by atoms with Gasteiger partial charge in [-0.2, -0.15) is 0 Å². The van der Waals surface area contributed by atoms with Crippen molar-refractivity contribution in [3.8, 4) is 0 Å². The number of carbonyl (C=O) groups is 1. The number of nitrogens with zero attached hydrogens (tertiary/aromatic N) is 1. The van der Waals surface area contributed by atoms with E-state index in [4.69, 9.17) is 4.42 Å². The Kier molecular flexibility index (Phi) is 5.76. The molecule has 1 amide bonds. The molecule has 0 saturated carbocycles. The highest BCUT2D eigenvalue weighted by Crippen LogP contribution is 2.16. The number of hydrogen-bond donors (Lipinski definition) is 2. The standard InChI is InChI=1S/C16H20N2O5S/c1-18(2)24(21,22)14-5-3-12(4-6-14)16(20)17-9-7-15(19)13-8-10-23-11-13/h3-6,8,10-11,15,19H,7,9H2,1-2H3,(H,17,20)/t15-/m1/s1. The van der Waals surface area contributed by atoms with E-state index in [0.29, 0.717) is 17.5 Å². The fourth-order valence-corrected chi connectivity index (χ4v) is 2.95. The van der Waals surface area contributed by atoms with Gasteiger partial charge in [-0.15, -0.1) is 0 Å². The van der Waals surface area contributed by atoms with Gasteiger partial charge in [0, 0.05) is 31.8 Å². The summed E-state index contributed by atoms with van der Waals surface area (Å²) in [6.07, 6.45) is 2.56. The molecule has 24 heavy (non-hydrogen) atoms. The minimum atomic E-state index is -3.51. The normalized spacial score (nSPS) is 13.0. The van der Waals surface area contributed by atoms with Crippen molar-refractivity contribution in [2.75, 3.05) is 20.6 Å². The third-order valence-electron chi connectivity index (χ3n) is 3.53. The second-order valence-electron chi connectivity index (χ2n) is 5.43. The molecule has 8 heteroatoms. The first-order valence-electron chi connectivity index (χ1n) is 7.33. The summed E-state index contributed by atoms with van der Waals surface area (Å²) in [5.74, 6) is -0.330. The summed E-state index contributed by atoms with van der Waals surface area (Å²) in [7, 11) is -0.622. The van der Waals surface area contributed by atoms with Gasteiger partial charge in [-0.05, 0) is 36.8 Å². The zero-order valence-electron chi connectivity index (χ0n) is 13.5. The summed E-state index contributed by atoms with van der Waals surface area (Å²) in [5, 5.41) is 12.6. The Balaban J connectivity index is 1.91. The zero-order chi connectivity index (χ0) is 17.7. The highest BCUT2D eigenvalue weighted by molar-refractivity contribution is 7.89. The molecule has 1 atom stereocenters. The molecular formula is C16H20N2O5S. The molecule has 0 radical (unpaired) electrons. The van der Waals surface area contributed by atoms with E-state index in [2.05, 4.69) is 5.32 Å². The molecule has 1 aromatic carbocycles. The van der Waals surface area contributed by atoms with E-state index in [1.807, 2.05) is 0 Å². The van der Waals surface area contributed by atoms with E-state index in [0.717, 1.165) is 4.31 Å². The second kappa shape index (κ2) is 7.61. The maximum atomic E-state index is 12.0. The van der Waals surface area contributed by atoms with Crippen molar-refractivity contribution in [3.05, 3.63) is 54.0 Å². The van der Waals surface area contributed by atoms with Gasteiger partial charge in [0.2, 0.25) is 10.0 Å². The summed E-state index contributed by atoms with van der Waals surface area (Å²) in [4.78, 5) is 12.2. The van der Waals surface area contributed by atoms with Crippen LogP contribution in [0.25, 0.3) is 0 Å². The molecule has 2 aromatic rings. The van der Waals surface area contributed by atoms with E-state index < -0.39 is 16.1 Å². The number of sulfonamides is 1. The smallest absolute Gasteiger partial charge is 0.251 e. The fourth-order valence-electron chi connectivity index (χ4n) is 2.04. The first kappa shape index (κ1) is 18.2. The van der Waals surface area contributed by atoms with Crippen LogP contribution in [0.4, 0.5) is 0 Å². The summed E-state index contributed by atoms with van der Waals surface area (Å²) >= 11 is 0. The molecule has 1 aromatic heterocycles. The van der Waals surface area contributed by atoms with E-state index in [1.54, 1.807) is 6.07 Å². The van der Waals surface area contributed by atoms with Crippen molar-refractivity contribution in [3.63, 3.8) is 0 Å². The van der Waals surface area contributed by atoms with Crippen LogP contribution in [0.3, 0.4) is 0 Å². The van der Waals surface area contributed by atoms with Crippen molar-refractivity contribution < 1.29 is 22.7 Å². The van der Waals surface area contributed by atoms with Gasteiger partial charge >= 0.3 is 0 Å². The molecule has 0 saturated heterocycles. The third-order valence-corrected chi connectivity index (χ3v) is 5.36. The molecule has 2 N–H and O–H groups in total. The van der Waals surface area contributed by atoms with Gasteiger partial charge in [0.05, 0.1) is 23.5 Å². The molecule has 1 heterocycles. The quantitative estimate of drug-likeness (QED) is 0.784. The molecule has 0 fully saturated rings. The monoisotopic (exact) mass is 352 g/mol. The fraction of sp³-hybridized carbons (Fsp3) is 0.312. The van der Waals surface area contributed by atoms with Crippen LogP contribution in [-0.4, -0.2) is 44.4 Å². The Morgan fingerprint density at radius 2 is 1.92 bits per heavy atom. The lowest BCUT2D eigenvalue weighted by Gasteiger charge is -2.12. The Bertz CT molecular complexity index is 767. The van der Waals surface area contributed by atoms with E-state index >= 15 is 0 Å². The lowest BCUT2D eigenvalue weighted by Crippen LogP contribution is -2.26. The van der Waals surface area contributed by atoms with Crippen molar-refractivity contribution in [1.82, 2.24) is 9.62 Å². The number of carbonyl (C=O) groups excluding carboxylic acids is 1. The minimum Gasteiger partial charge on any atom is -0.472 e. The number of aliphatic hydroxyl groups excluding tert-OH is 1. The number of benzene rings is 1. The predicted molar refractivity (Wildman–Crippen MR) is 87.9 cm³/mol. The highest BCUT2D eigenvalue weighted by atomic mass is 32.2. The van der Waals surface area contributed by atoms with Crippen LogP contribution >= 0.6 is 0 Å². The second-order valence-corrected chi connectivity index (χ2v) is 7.58. The van der Waals surface area contributed by atoms with Crippen LogP contribution in [-0.2, 0) is 10.0 Å². The maximum Gasteiger partial charge on any atom is 0.251 e. The van der Waals surface area contributed by atoms with Crippen molar-refractivity contribution in [2.45, 2.75) is 17.4 Å². The van der Waals surface area contributed by atoms with Gasteiger partial charge in [-0.3, -0.25) is 4.79 Å². The van der Waals surface area contributed by atoms with Crippen LogP contribution in [0.5, 0.6) is 0 Å². The predicted octanol–water partition coefficient (Wildman–Crippen LogP) is 1.38. The summed E-state index contributed by atoms with van der Waals surface area (Å²) in [5.41, 5.74) is 1.01. The zero-order valence-corrected chi connectivity index (χ0v) is 14.3. The molecule has 0 aliphatic heterocycles. The first-order valence-corrected chi connectivity index (χ1v) is 8.77. The highest BCUT2D eigenvalue weighted by Gasteiger charge is 2.17. The van der Waals surface area contributed by atoms with Gasteiger partial charge in [-0.1, -0.05) is 0 Å². The number of rotatable bonds is 7. The van der Waals surface area contributed by atoms with Crippen LogP contribution < -0.4 is 5.32 Å². The molecule has 2 rings (SSSR count). The summed E-state index contributed by atoms with van der Waals surface area (Å²) < 4.78 is 29.9. The topological polar surface area (TPSA) is 99.9 Å². The average Bonchev–Trinajstić information content (AvgIpc) is 3.09. The van der Waals surface area contributed by atoms with E-state index in [-0.39, 0.29) is 17.3 Å². The Morgan fingerprint density at radius 3 is 2.46 bits per heavy atom. The molecule has 0 aliphatic carbocycles. The van der Waals surface area contributed by atoms with E-state index in [1.165, 1.54) is 50.9 Å². The molecule has 0 spiro atoms. The average molecular weight is 352 g/mol. The van der Waals surface area contributed by atoms with Crippen LogP contribution in [0, 0.1) is 0 Å². The number of nitrogens with one attached hydrogen (secondary N) is 1. The van der Waals surface area contributed by atoms with Gasteiger partial charge in [0.25, 0.3) is 5.91 Å². The summed E-state index contributed by atoms with van der Waals surface area (Å²) in [6.45, 7) is 0.281.